The van der Waals surface area contributed by atoms with Crippen molar-refractivity contribution in [2.75, 3.05) is 19.6 Å². The minimum atomic E-state index is -2.74. The first kappa shape index (κ1) is 27.1. The van der Waals surface area contributed by atoms with Crippen molar-refractivity contribution >= 4 is 23.4 Å². The Labute approximate surface area is 243 Å². The van der Waals surface area contributed by atoms with Crippen LogP contribution in [0.3, 0.4) is 0 Å². The van der Waals surface area contributed by atoms with E-state index in [1.807, 2.05) is 9.80 Å². The Morgan fingerprint density at radius 2 is 2.00 bits per heavy atom. The molecule has 1 aromatic heterocycles. The third kappa shape index (κ3) is 4.79. The van der Waals surface area contributed by atoms with E-state index >= 15 is 0 Å². The normalized spacial score (nSPS) is 29.6. The number of aryl methyl sites for hydroxylation is 1. The number of likely N-dealkylation sites (tertiary alicyclic amines) is 1. The summed E-state index contributed by atoms with van der Waals surface area (Å²) in [5, 5.41) is 8.24. The van der Waals surface area contributed by atoms with Gasteiger partial charge in [0.25, 0.3) is 6.43 Å². The molecule has 0 unspecified atom stereocenters. The largest absolute Gasteiger partial charge is 0.487 e. The highest BCUT2D eigenvalue weighted by Gasteiger charge is 2.53. The highest BCUT2D eigenvalue weighted by atomic mass is 35.5. The van der Waals surface area contributed by atoms with Crippen LogP contribution in [-0.4, -0.2) is 56.2 Å². The fourth-order valence-corrected chi connectivity index (χ4v) is 8.06. The van der Waals surface area contributed by atoms with Crippen molar-refractivity contribution in [1.82, 2.24) is 24.8 Å². The van der Waals surface area contributed by atoms with Crippen molar-refractivity contribution < 1.29 is 23.1 Å². The SMILES string of the molecule is C[C@H]1C[C@@H]2C[C@@H]2C[C@H]1C(=O)N1CCc2c(Cl)ccc(OCc3nnn(C)c3C(F)F)c2[C@H]1CN1CC2(CC2)CC1=O. The van der Waals surface area contributed by atoms with Gasteiger partial charge in [-0.15, -0.1) is 5.10 Å². The summed E-state index contributed by atoms with van der Waals surface area (Å²) in [5.74, 6) is 2.44. The van der Waals surface area contributed by atoms with Crippen molar-refractivity contribution in [2.24, 2.45) is 36.1 Å². The standard InChI is InChI=1S/C30H36ClF2N5O3/c1-16-9-17-10-18(17)11-20(16)29(40)38-8-5-19-21(31)3-4-24(41-14-22-27(28(32)33)36(2)35-34-22)26(19)23(38)13-37-15-30(6-7-30)12-25(37)39/h3-4,16-18,20,23,28H,5-15H2,1-2H3/t16-,17+,18+,20+,23+/m0/s1. The molecule has 1 saturated heterocycles. The van der Waals surface area contributed by atoms with Crippen LogP contribution in [0.25, 0.3) is 0 Å². The number of carbonyl (C=O) groups is 2. The highest BCUT2D eigenvalue weighted by Crippen LogP contribution is 2.55. The maximum atomic E-state index is 14.3. The van der Waals surface area contributed by atoms with Gasteiger partial charge in [-0.3, -0.25) is 9.59 Å². The minimum absolute atomic E-state index is 0.0383. The van der Waals surface area contributed by atoms with Gasteiger partial charge in [0, 0.05) is 49.6 Å². The Hall–Kier alpha value is -2.75. The highest BCUT2D eigenvalue weighted by molar-refractivity contribution is 6.31. The lowest BCUT2D eigenvalue weighted by Gasteiger charge is -2.43. The van der Waals surface area contributed by atoms with Crippen LogP contribution in [0.1, 0.15) is 80.4 Å². The van der Waals surface area contributed by atoms with Gasteiger partial charge in [0.2, 0.25) is 11.8 Å². The number of hydrogen-bond acceptors (Lipinski definition) is 5. The minimum Gasteiger partial charge on any atom is -0.487 e. The van der Waals surface area contributed by atoms with E-state index in [-0.39, 0.29) is 41.1 Å². The monoisotopic (exact) mass is 587 g/mol. The first-order chi connectivity index (χ1) is 19.6. The number of hydrogen-bond donors (Lipinski definition) is 0. The van der Waals surface area contributed by atoms with Crippen molar-refractivity contribution in [3.05, 3.63) is 39.7 Å². The lowest BCUT2D eigenvalue weighted by molar-refractivity contribution is -0.143. The molecule has 7 rings (SSSR count). The zero-order valence-corrected chi connectivity index (χ0v) is 24.2. The molecule has 2 amide bonds. The molecule has 2 aromatic rings. The molecule has 5 aliphatic rings. The molecular formula is C30H36ClF2N5O3. The number of ether oxygens (including phenoxy) is 1. The number of benzene rings is 1. The Morgan fingerprint density at radius 3 is 2.73 bits per heavy atom. The van der Waals surface area contributed by atoms with Gasteiger partial charge in [-0.05, 0) is 79.4 Å². The summed E-state index contributed by atoms with van der Waals surface area (Å²) in [6.45, 7) is 3.59. The molecule has 4 fully saturated rings. The molecule has 220 valence electrons. The van der Waals surface area contributed by atoms with E-state index in [4.69, 9.17) is 16.3 Å². The first-order valence-corrected chi connectivity index (χ1v) is 15.2. The number of halogens is 3. The fraction of sp³-hybridized carbons (Fsp3) is 0.667. The maximum Gasteiger partial charge on any atom is 0.282 e. The van der Waals surface area contributed by atoms with Crippen LogP contribution in [0.2, 0.25) is 5.02 Å². The van der Waals surface area contributed by atoms with Crippen molar-refractivity contribution in [1.29, 1.82) is 0 Å². The van der Waals surface area contributed by atoms with E-state index in [9.17, 15) is 18.4 Å². The number of nitrogens with zero attached hydrogens (tertiary/aromatic N) is 5. The summed E-state index contributed by atoms with van der Waals surface area (Å²) in [7, 11) is 1.43. The zero-order valence-electron chi connectivity index (χ0n) is 23.5. The fourth-order valence-electron chi connectivity index (χ4n) is 7.80. The van der Waals surface area contributed by atoms with Gasteiger partial charge in [0.15, 0.2) is 0 Å². The number of amides is 2. The summed E-state index contributed by atoms with van der Waals surface area (Å²) < 4.78 is 34.6. The third-order valence-corrected chi connectivity index (χ3v) is 10.8. The van der Waals surface area contributed by atoms with Gasteiger partial charge in [0.1, 0.15) is 23.7 Å². The third-order valence-electron chi connectivity index (χ3n) is 10.4. The summed E-state index contributed by atoms with van der Waals surface area (Å²) in [6.07, 6.45) is 3.74. The molecule has 0 bridgehead atoms. The number of carbonyl (C=O) groups excluding carboxylic acids is 2. The maximum absolute atomic E-state index is 14.3. The van der Waals surface area contributed by atoms with Crippen LogP contribution in [-0.2, 0) is 29.7 Å². The van der Waals surface area contributed by atoms with Crippen molar-refractivity contribution in [2.45, 2.75) is 70.9 Å². The molecule has 3 saturated carbocycles. The average Bonchev–Trinajstić information content (AvgIpc) is 3.81. The van der Waals surface area contributed by atoms with Crippen LogP contribution in [0, 0.1) is 29.1 Å². The Balaban J connectivity index is 1.23. The number of rotatable bonds is 7. The van der Waals surface area contributed by atoms with Crippen molar-refractivity contribution in [3.8, 4) is 5.75 Å². The summed E-state index contributed by atoms with van der Waals surface area (Å²) >= 11 is 6.73. The van der Waals surface area contributed by atoms with Gasteiger partial charge < -0.3 is 14.5 Å². The van der Waals surface area contributed by atoms with Crippen LogP contribution in [0.5, 0.6) is 5.75 Å². The lowest BCUT2D eigenvalue weighted by Crippen LogP contribution is -2.49. The van der Waals surface area contributed by atoms with Crippen LogP contribution >= 0.6 is 11.6 Å². The molecule has 5 atom stereocenters. The van der Waals surface area contributed by atoms with Gasteiger partial charge in [0.05, 0.1) is 6.04 Å². The summed E-state index contributed by atoms with van der Waals surface area (Å²) in [4.78, 5) is 31.3. The molecule has 3 heterocycles. The van der Waals surface area contributed by atoms with Gasteiger partial charge >= 0.3 is 0 Å². The Morgan fingerprint density at radius 1 is 1.22 bits per heavy atom. The number of fused-ring (bicyclic) bond motifs is 2. The van der Waals surface area contributed by atoms with Crippen molar-refractivity contribution in [3.63, 3.8) is 0 Å². The molecule has 1 spiro atoms. The second kappa shape index (κ2) is 9.92. The quantitative estimate of drug-likeness (QED) is 0.450. The predicted molar refractivity (Wildman–Crippen MR) is 146 cm³/mol. The molecule has 1 aromatic carbocycles. The smallest absolute Gasteiger partial charge is 0.282 e. The molecule has 0 N–H and O–H groups in total. The van der Waals surface area contributed by atoms with E-state index < -0.39 is 12.5 Å². The molecular weight excluding hydrogens is 552 g/mol. The van der Waals surface area contributed by atoms with E-state index in [1.165, 1.54) is 13.5 Å². The van der Waals surface area contributed by atoms with Crippen LogP contribution in [0.15, 0.2) is 12.1 Å². The topological polar surface area (TPSA) is 80.6 Å². The number of alkyl halides is 2. The molecule has 41 heavy (non-hydrogen) atoms. The first-order valence-electron chi connectivity index (χ1n) is 14.8. The summed E-state index contributed by atoms with van der Waals surface area (Å²) in [6, 6.07) is 3.07. The van der Waals surface area contributed by atoms with E-state index in [1.54, 1.807) is 12.1 Å². The summed E-state index contributed by atoms with van der Waals surface area (Å²) in [5.41, 5.74) is 1.53. The molecule has 8 nitrogen and oxygen atoms in total. The van der Waals surface area contributed by atoms with Gasteiger partial charge in [-0.1, -0.05) is 23.7 Å². The van der Waals surface area contributed by atoms with Gasteiger partial charge in [-0.2, -0.15) is 0 Å². The molecule has 0 radical (unpaired) electrons. The van der Waals surface area contributed by atoms with E-state index in [2.05, 4.69) is 17.2 Å². The molecule has 3 aliphatic carbocycles. The van der Waals surface area contributed by atoms with E-state index in [0.29, 0.717) is 55.1 Å². The predicted octanol–water partition coefficient (Wildman–Crippen LogP) is 5.11. The molecule has 11 heteroatoms. The second-order valence-corrected chi connectivity index (χ2v) is 13.5. The van der Waals surface area contributed by atoms with Crippen LogP contribution < -0.4 is 4.74 Å². The zero-order chi connectivity index (χ0) is 28.6. The average molecular weight is 588 g/mol. The lowest BCUT2D eigenvalue weighted by atomic mass is 9.78. The van der Waals surface area contributed by atoms with Crippen LogP contribution in [0.4, 0.5) is 8.78 Å². The van der Waals surface area contributed by atoms with E-state index in [0.717, 1.165) is 47.4 Å². The Bertz CT molecular complexity index is 1390. The van der Waals surface area contributed by atoms with Gasteiger partial charge in [-0.25, -0.2) is 13.5 Å². The Kier molecular flexibility index (Phi) is 6.56. The molecule has 2 aliphatic heterocycles. The number of aromatic nitrogens is 3. The second-order valence-electron chi connectivity index (χ2n) is 13.1.